The number of rotatable bonds is 5. The minimum absolute atomic E-state index is 0.0570. The number of fused-ring (bicyclic) bond motifs is 1. The van der Waals surface area contributed by atoms with E-state index in [-0.39, 0.29) is 34.6 Å². The number of aliphatic imine (C=N–C) groups is 1. The molecule has 1 atom stereocenters. The SMILES string of the molecule is NC1C=C(NS(=O)(=O)c2ccc(Cl)c(C(F)(F)F)c2)C(C(=O)c2cccc3[nH]c(=O)oc23)=NC1. The predicted octanol–water partition coefficient (Wildman–Crippen LogP) is 2.62. The molecule has 2 aromatic carbocycles. The first-order chi connectivity index (χ1) is 15.9. The van der Waals surface area contributed by atoms with Gasteiger partial charge in [0.1, 0.15) is 5.71 Å². The van der Waals surface area contributed by atoms with Gasteiger partial charge in [-0.15, -0.1) is 0 Å². The summed E-state index contributed by atoms with van der Waals surface area (Å²) in [5, 5.41) is -0.677. The number of carbonyl (C=O) groups excluding carboxylic acids is 1. The molecule has 2 heterocycles. The van der Waals surface area contributed by atoms with Crippen molar-refractivity contribution in [3.05, 3.63) is 74.9 Å². The predicted molar refractivity (Wildman–Crippen MR) is 116 cm³/mol. The first kappa shape index (κ1) is 23.7. The van der Waals surface area contributed by atoms with Gasteiger partial charge in [-0.3, -0.25) is 19.5 Å². The van der Waals surface area contributed by atoms with Gasteiger partial charge in [0, 0.05) is 6.04 Å². The number of nitrogens with two attached hydrogens (primary N) is 1. The number of aromatic nitrogens is 1. The molecule has 1 aliphatic rings. The van der Waals surface area contributed by atoms with E-state index in [1.807, 2.05) is 0 Å². The number of oxazole rings is 1. The van der Waals surface area contributed by atoms with E-state index in [0.717, 1.165) is 12.1 Å². The molecule has 14 heteroatoms. The lowest BCUT2D eigenvalue weighted by molar-refractivity contribution is -0.137. The van der Waals surface area contributed by atoms with Crippen molar-refractivity contribution in [3.8, 4) is 0 Å². The molecular weight excluding hydrogens is 501 g/mol. The number of nitrogens with zero attached hydrogens (tertiary/aromatic N) is 1. The van der Waals surface area contributed by atoms with Crippen LogP contribution >= 0.6 is 11.6 Å². The standard InChI is InChI=1S/C20H14ClF3N4O5S/c21-13-5-4-10(7-12(13)20(22,23)24)34(31,32)28-15-6-9(25)8-26-16(15)17(29)11-2-1-3-14-18(11)33-19(30)27-14/h1-7,9,28H,8,25H2,(H,27,30). The molecule has 0 aliphatic carbocycles. The summed E-state index contributed by atoms with van der Waals surface area (Å²) in [5.41, 5.74) is 3.87. The van der Waals surface area contributed by atoms with Gasteiger partial charge in [-0.05, 0) is 36.4 Å². The second-order valence-electron chi connectivity index (χ2n) is 7.20. The number of allylic oxidation sites excluding steroid dienone is 1. The van der Waals surface area contributed by atoms with Crippen molar-refractivity contribution >= 4 is 44.2 Å². The molecule has 9 nitrogen and oxygen atoms in total. The number of H-pyrrole nitrogens is 1. The van der Waals surface area contributed by atoms with Crippen LogP contribution in [0.4, 0.5) is 13.2 Å². The van der Waals surface area contributed by atoms with Crippen LogP contribution in [0, 0.1) is 0 Å². The highest BCUT2D eigenvalue weighted by atomic mass is 35.5. The van der Waals surface area contributed by atoms with E-state index >= 15 is 0 Å². The number of aromatic amines is 1. The van der Waals surface area contributed by atoms with Crippen molar-refractivity contribution in [3.63, 3.8) is 0 Å². The molecule has 1 unspecified atom stereocenters. The Labute approximate surface area is 194 Å². The summed E-state index contributed by atoms with van der Waals surface area (Å²) in [6.07, 6.45) is -3.68. The minimum atomic E-state index is -4.89. The van der Waals surface area contributed by atoms with Gasteiger partial charge in [0.2, 0.25) is 5.78 Å². The third kappa shape index (κ3) is 4.49. The van der Waals surface area contributed by atoms with Gasteiger partial charge in [0.05, 0.1) is 38.8 Å². The summed E-state index contributed by atoms with van der Waals surface area (Å²) in [5.74, 6) is -1.59. The van der Waals surface area contributed by atoms with Crippen LogP contribution in [0.3, 0.4) is 0 Å². The van der Waals surface area contributed by atoms with E-state index in [2.05, 4.69) is 14.7 Å². The molecule has 1 aliphatic heterocycles. The summed E-state index contributed by atoms with van der Waals surface area (Å²) >= 11 is 5.56. The molecule has 178 valence electrons. The van der Waals surface area contributed by atoms with Crippen LogP contribution in [0.1, 0.15) is 15.9 Å². The average molecular weight is 515 g/mol. The number of alkyl halides is 3. The highest BCUT2D eigenvalue weighted by Crippen LogP contribution is 2.36. The van der Waals surface area contributed by atoms with E-state index in [1.54, 1.807) is 0 Å². The summed E-state index contributed by atoms with van der Waals surface area (Å²) < 4.78 is 72.4. The first-order valence-corrected chi connectivity index (χ1v) is 11.3. The molecular formula is C20H14ClF3N4O5S. The molecule has 0 radical (unpaired) electrons. The number of ketones is 1. The molecule has 0 bridgehead atoms. The molecule has 1 aromatic heterocycles. The van der Waals surface area contributed by atoms with Crippen molar-refractivity contribution in [1.82, 2.24) is 9.71 Å². The molecule has 0 fully saturated rings. The molecule has 0 spiro atoms. The number of sulfonamides is 1. The van der Waals surface area contributed by atoms with Crippen LogP contribution in [0.15, 0.2) is 67.3 Å². The van der Waals surface area contributed by atoms with Crippen LogP contribution in [0.25, 0.3) is 11.1 Å². The normalized spacial score (nSPS) is 16.8. The lowest BCUT2D eigenvalue weighted by Crippen LogP contribution is -2.38. The van der Waals surface area contributed by atoms with Gasteiger partial charge in [-0.25, -0.2) is 13.2 Å². The maximum absolute atomic E-state index is 13.2. The number of nitrogens with one attached hydrogen (secondary N) is 2. The fourth-order valence-electron chi connectivity index (χ4n) is 3.28. The fraction of sp³-hybridized carbons (Fsp3) is 0.150. The second-order valence-corrected chi connectivity index (χ2v) is 9.29. The van der Waals surface area contributed by atoms with Gasteiger partial charge in [0.15, 0.2) is 5.58 Å². The highest BCUT2D eigenvalue weighted by molar-refractivity contribution is 7.89. The molecule has 34 heavy (non-hydrogen) atoms. The molecule has 3 aromatic rings. The number of para-hydroxylation sites is 1. The average Bonchev–Trinajstić information content (AvgIpc) is 3.12. The molecule has 0 saturated carbocycles. The van der Waals surface area contributed by atoms with Gasteiger partial charge in [-0.1, -0.05) is 17.7 Å². The van der Waals surface area contributed by atoms with Crippen LogP contribution < -0.4 is 16.2 Å². The van der Waals surface area contributed by atoms with E-state index in [1.165, 1.54) is 24.3 Å². The Morgan fingerprint density at radius 1 is 1.26 bits per heavy atom. The van der Waals surface area contributed by atoms with E-state index in [0.29, 0.717) is 6.07 Å². The second kappa shape index (κ2) is 8.42. The number of dihydropyridines is 1. The monoisotopic (exact) mass is 514 g/mol. The van der Waals surface area contributed by atoms with Crippen molar-refractivity contribution in [2.24, 2.45) is 10.7 Å². The van der Waals surface area contributed by atoms with Gasteiger partial charge < -0.3 is 10.2 Å². The van der Waals surface area contributed by atoms with Crippen molar-refractivity contribution in [2.45, 2.75) is 17.1 Å². The summed E-state index contributed by atoms with van der Waals surface area (Å²) in [6.45, 7) is -0.0570. The van der Waals surface area contributed by atoms with Crippen molar-refractivity contribution in [1.29, 1.82) is 0 Å². The molecule has 0 amide bonds. The van der Waals surface area contributed by atoms with Crippen molar-refractivity contribution < 1.29 is 30.8 Å². The van der Waals surface area contributed by atoms with Crippen LogP contribution in [0.5, 0.6) is 0 Å². The molecule has 4 N–H and O–H groups in total. The van der Waals surface area contributed by atoms with E-state index in [4.69, 9.17) is 21.8 Å². The molecule has 0 saturated heterocycles. The molecule has 4 rings (SSSR count). The topological polar surface area (TPSA) is 148 Å². The summed E-state index contributed by atoms with van der Waals surface area (Å²) in [4.78, 5) is 30.4. The summed E-state index contributed by atoms with van der Waals surface area (Å²) in [6, 6.07) is 5.60. The van der Waals surface area contributed by atoms with E-state index in [9.17, 15) is 31.2 Å². The maximum Gasteiger partial charge on any atom is 0.417 e. The first-order valence-electron chi connectivity index (χ1n) is 9.45. The van der Waals surface area contributed by atoms with Crippen molar-refractivity contribution in [2.75, 3.05) is 6.54 Å². The zero-order chi connectivity index (χ0) is 24.8. The third-order valence-electron chi connectivity index (χ3n) is 4.80. The zero-order valence-corrected chi connectivity index (χ0v) is 18.4. The van der Waals surface area contributed by atoms with Crippen LogP contribution in [-0.2, 0) is 16.2 Å². The smallest absolute Gasteiger partial charge is 0.407 e. The fourth-order valence-corrected chi connectivity index (χ4v) is 4.59. The maximum atomic E-state index is 13.2. The number of carbonyl (C=O) groups is 1. The van der Waals surface area contributed by atoms with Gasteiger partial charge >= 0.3 is 11.9 Å². The Bertz CT molecular complexity index is 1540. The van der Waals surface area contributed by atoms with Gasteiger partial charge in [-0.2, -0.15) is 13.2 Å². The largest absolute Gasteiger partial charge is 0.417 e. The lowest BCUT2D eigenvalue weighted by Gasteiger charge is -2.20. The Morgan fingerprint density at radius 3 is 2.71 bits per heavy atom. The number of hydrogen-bond donors (Lipinski definition) is 3. The highest BCUT2D eigenvalue weighted by Gasteiger charge is 2.35. The van der Waals surface area contributed by atoms with Crippen LogP contribution in [-0.4, -0.2) is 37.5 Å². The van der Waals surface area contributed by atoms with E-state index < -0.39 is 49.3 Å². The van der Waals surface area contributed by atoms with Crippen LogP contribution in [0.2, 0.25) is 5.02 Å². The number of halogens is 4. The number of Topliss-reactive ketones (excluding diaryl/α,β-unsaturated/α-hetero) is 1. The number of benzene rings is 2. The Kier molecular flexibility index (Phi) is 5.87. The Hall–Kier alpha value is -3.42. The van der Waals surface area contributed by atoms with Gasteiger partial charge in [0.25, 0.3) is 10.0 Å². The Morgan fingerprint density at radius 2 is 2.00 bits per heavy atom. The Balaban J connectivity index is 1.72. The zero-order valence-electron chi connectivity index (χ0n) is 16.8. The summed E-state index contributed by atoms with van der Waals surface area (Å²) in [7, 11) is -4.62. The third-order valence-corrected chi connectivity index (χ3v) is 6.49. The number of hydrogen-bond acceptors (Lipinski definition) is 7. The minimum Gasteiger partial charge on any atom is -0.407 e. The quantitative estimate of drug-likeness (QED) is 0.446. The lowest BCUT2D eigenvalue weighted by atomic mass is 10.0.